The highest BCUT2D eigenvalue weighted by molar-refractivity contribution is 7.98. The predicted octanol–water partition coefficient (Wildman–Crippen LogP) is 4.35. The number of rotatable bonds is 4. The van der Waals surface area contributed by atoms with E-state index < -0.39 is 0 Å². The molecule has 1 unspecified atom stereocenters. The average Bonchev–Trinajstić information content (AvgIpc) is 3.15. The molecule has 1 aromatic carbocycles. The predicted molar refractivity (Wildman–Crippen MR) is 104 cm³/mol. The standard InChI is InChI=1S/C18H21N3O2S2/c1-24-15-7-2-6-14(11-15)19-17(22)13-5-3-9-21(12-13)18(23)20-16-8-4-10-25-16/h2,4,6-8,10-11,13H,3,5,9,12H2,1H3,(H,19,22)(H,20,23). The van der Waals surface area contributed by atoms with Gasteiger partial charge in [0.15, 0.2) is 0 Å². The lowest BCUT2D eigenvalue weighted by atomic mass is 9.97. The number of thiophene rings is 1. The first-order valence-corrected chi connectivity index (χ1v) is 10.3. The number of amides is 3. The van der Waals surface area contributed by atoms with E-state index >= 15 is 0 Å². The Morgan fingerprint density at radius 3 is 2.88 bits per heavy atom. The van der Waals surface area contributed by atoms with Crippen LogP contribution in [0.25, 0.3) is 0 Å². The van der Waals surface area contributed by atoms with Gasteiger partial charge in [-0.1, -0.05) is 6.07 Å². The van der Waals surface area contributed by atoms with Crippen molar-refractivity contribution < 1.29 is 9.59 Å². The zero-order valence-corrected chi connectivity index (χ0v) is 15.7. The largest absolute Gasteiger partial charge is 0.326 e. The van der Waals surface area contributed by atoms with Crippen molar-refractivity contribution in [2.45, 2.75) is 17.7 Å². The minimum Gasteiger partial charge on any atom is -0.326 e. The van der Waals surface area contributed by atoms with Crippen LogP contribution >= 0.6 is 23.1 Å². The zero-order chi connectivity index (χ0) is 17.6. The number of benzene rings is 1. The van der Waals surface area contributed by atoms with E-state index in [9.17, 15) is 9.59 Å². The van der Waals surface area contributed by atoms with E-state index in [4.69, 9.17) is 0 Å². The first kappa shape index (κ1) is 17.8. The maximum absolute atomic E-state index is 12.6. The topological polar surface area (TPSA) is 61.4 Å². The first-order chi connectivity index (χ1) is 12.2. The molecular formula is C18H21N3O2S2. The molecule has 1 atom stereocenters. The lowest BCUT2D eigenvalue weighted by molar-refractivity contribution is -0.121. The minimum absolute atomic E-state index is 0.0214. The summed E-state index contributed by atoms with van der Waals surface area (Å²) in [7, 11) is 0. The lowest BCUT2D eigenvalue weighted by Crippen LogP contribution is -2.45. The molecule has 1 aliphatic heterocycles. The molecule has 1 aliphatic rings. The third kappa shape index (κ3) is 4.76. The maximum Gasteiger partial charge on any atom is 0.322 e. The van der Waals surface area contributed by atoms with Gasteiger partial charge >= 0.3 is 6.03 Å². The van der Waals surface area contributed by atoms with Crippen molar-refractivity contribution in [1.82, 2.24) is 4.90 Å². The maximum atomic E-state index is 12.6. The van der Waals surface area contributed by atoms with E-state index in [-0.39, 0.29) is 17.9 Å². The van der Waals surface area contributed by atoms with Crippen LogP contribution in [0, 0.1) is 5.92 Å². The fourth-order valence-electron chi connectivity index (χ4n) is 2.85. The molecule has 0 bridgehead atoms. The van der Waals surface area contributed by atoms with Crippen molar-refractivity contribution in [2.24, 2.45) is 5.92 Å². The Morgan fingerprint density at radius 1 is 1.24 bits per heavy atom. The molecule has 1 fully saturated rings. The molecule has 1 aromatic heterocycles. The third-order valence-corrected chi connectivity index (χ3v) is 5.68. The summed E-state index contributed by atoms with van der Waals surface area (Å²) in [6.45, 7) is 1.13. The molecule has 0 aliphatic carbocycles. The molecule has 3 amide bonds. The second-order valence-electron chi connectivity index (χ2n) is 5.91. The number of thioether (sulfide) groups is 1. The van der Waals surface area contributed by atoms with Gasteiger partial charge in [0.25, 0.3) is 0 Å². The van der Waals surface area contributed by atoms with Gasteiger partial charge in [0.1, 0.15) is 0 Å². The Hall–Kier alpha value is -1.99. The normalized spacial score (nSPS) is 17.2. The monoisotopic (exact) mass is 375 g/mol. The number of nitrogens with zero attached hydrogens (tertiary/aromatic N) is 1. The molecule has 25 heavy (non-hydrogen) atoms. The molecule has 2 N–H and O–H groups in total. The molecule has 0 saturated carbocycles. The SMILES string of the molecule is CSc1cccc(NC(=O)C2CCCN(C(=O)Nc3cccs3)C2)c1. The number of carbonyl (C=O) groups excluding carboxylic acids is 2. The van der Waals surface area contributed by atoms with Gasteiger partial charge in [0, 0.05) is 23.7 Å². The van der Waals surface area contributed by atoms with E-state index in [1.165, 1.54) is 11.3 Å². The van der Waals surface area contributed by atoms with Crippen LogP contribution in [0.15, 0.2) is 46.7 Å². The Bertz CT molecular complexity index is 734. The van der Waals surface area contributed by atoms with Gasteiger partial charge in [0.05, 0.1) is 10.9 Å². The van der Waals surface area contributed by atoms with Gasteiger partial charge in [-0.05, 0) is 54.8 Å². The van der Waals surface area contributed by atoms with Gasteiger partial charge in [-0.2, -0.15) is 0 Å². The smallest absolute Gasteiger partial charge is 0.322 e. The van der Waals surface area contributed by atoms with Crippen LogP contribution in [-0.2, 0) is 4.79 Å². The van der Waals surface area contributed by atoms with Gasteiger partial charge in [-0.25, -0.2) is 4.79 Å². The van der Waals surface area contributed by atoms with Crippen molar-refractivity contribution >= 4 is 45.7 Å². The number of hydrogen-bond donors (Lipinski definition) is 2. The number of hydrogen-bond acceptors (Lipinski definition) is 4. The van der Waals surface area contributed by atoms with Crippen molar-refractivity contribution in [1.29, 1.82) is 0 Å². The van der Waals surface area contributed by atoms with E-state index in [1.807, 2.05) is 48.0 Å². The van der Waals surface area contributed by atoms with E-state index in [0.29, 0.717) is 13.1 Å². The summed E-state index contributed by atoms with van der Waals surface area (Å²) in [4.78, 5) is 27.8. The average molecular weight is 376 g/mol. The summed E-state index contributed by atoms with van der Waals surface area (Å²) in [5.74, 6) is -0.201. The van der Waals surface area contributed by atoms with Crippen LogP contribution in [0.4, 0.5) is 15.5 Å². The van der Waals surface area contributed by atoms with Crippen LogP contribution in [0.1, 0.15) is 12.8 Å². The second-order valence-corrected chi connectivity index (χ2v) is 7.74. The highest BCUT2D eigenvalue weighted by Gasteiger charge is 2.28. The number of likely N-dealkylation sites (tertiary alicyclic amines) is 1. The fraction of sp³-hybridized carbons (Fsp3) is 0.333. The zero-order valence-electron chi connectivity index (χ0n) is 14.0. The fourth-order valence-corrected chi connectivity index (χ4v) is 3.92. The van der Waals surface area contributed by atoms with Crippen molar-refractivity contribution in [3.63, 3.8) is 0 Å². The van der Waals surface area contributed by atoms with Gasteiger partial charge in [0.2, 0.25) is 5.91 Å². The highest BCUT2D eigenvalue weighted by Crippen LogP contribution is 2.23. The van der Waals surface area contributed by atoms with Crippen molar-refractivity contribution in [2.75, 3.05) is 30.0 Å². The van der Waals surface area contributed by atoms with Crippen LogP contribution in [0.5, 0.6) is 0 Å². The van der Waals surface area contributed by atoms with Gasteiger partial charge in [-0.3, -0.25) is 10.1 Å². The number of anilines is 2. The van der Waals surface area contributed by atoms with E-state index in [0.717, 1.165) is 28.4 Å². The molecule has 2 aromatic rings. The summed E-state index contributed by atoms with van der Waals surface area (Å²) >= 11 is 3.13. The van der Waals surface area contributed by atoms with Crippen LogP contribution in [-0.4, -0.2) is 36.2 Å². The van der Waals surface area contributed by atoms with E-state index in [2.05, 4.69) is 10.6 Å². The van der Waals surface area contributed by atoms with Crippen LogP contribution in [0.2, 0.25) is 0 Å². The lowest BCUT2D eigenvalue weighted by Gasteiger charge is -2.31. The summed E-state index contributed by atoms with van der Waals surface area (Å²) in [5, 5.41) is 8.62. The molecule has 132 valence electrons. The Kier molecular flexibility index (Phi) is 5.99. The summed E-state index contributed by atoms with van der Waals surface area (Å²) in [6, 6.07) is 11.4. The van der Waals surface area contributed by atoms with Crippen LogP contribution < -0.4 is 10.6 Å². The van der Waals surface area contributed by atoms with Crippen molar-refractivity contribution in [3.05, 3.63) is 41.8 Å². The second kappa shape index (κ2) is 8.40. The molecule has 0 spiro atoms. The number of nitrogens with one attached hydrogen (secondary N) is 2. The molecule has 3 rings (SSSR count). The summed E-state index contributed by atoms with van der Waals surface area (Å²) < 4.78 is 0. The summed E-state index contributed by atoms with van der Waals surface area (Å²) in [5.41, 5.74) is 0.803. The Balaban J connectivity index is 1.58. The van der Waals surface area contributed by atoms with E-state index in [1.54, 1.807) is 16.7 Å². The Morgan fingerprint density at radius 2 is 2.12 bits per heavy atom. The first-order valence-electron chi connectivity index (χ1n) is 8.20. The van der Waals surface area contributed by atoms with Gasteiger partial charge < -0.3 is 10.2 Å². The molecule has 0 radical (unpaired) electrons. The number of piperidine rings is 1. The minimum atomic E-state index is -0.180. The van der Waals surface area contributed by atoms with Crippen molar-refractivity contribution in [3.8, 4) is 0 Å². The summed E-state index contributed by atoms with van der Waals surface area (Å²) in [6.07, 6.45) is 3.64. The Labute approximate surface area is 155 Å². The molecule has 7 heteroatoms. The quantitative estimate of drug-likeness (QED) is 0.781. The highest BCUT2D eigenvalue weighted by atomic mass is 32.2. The molecule has 1 saturated heterocycles. The van der Waals surface area contributed by atoms with Crippen LogP contribution in [0.3, 0.4) is 0 Å². The number of urea groups is 1. The third-order valence-electron chi connectivity index (χ3n) is 4.17. The van der Waals surface area contributed by atoms with Gasteiger partial charge in [-0.15, -0.1) is 23.1 Å². The molecule has 2 heterocycles. The molecule has 5 nitrogen and oxygen atoms in total. The molecular weight excluding hydrogens is 354 g/mol. The number of carbonyl (C=O) groups is 2.